The molecule has 4 saturated carbocycles. The Hall–Kier alpha value is -1.10. The van der Waals surface area contributed by atoms with Crippen molar-refractivity contribution < 1.29 is 14.7 Å². The number of carbonyl (C=O) groups is 2. The third-order valence-electron chi connectivity index (χ3n) is 5.58. The maximum absolute atomic E-state index is 12.5. The Bertz CT molecular complexity index is 386. The van der Waals surface area contributed by atoms with Gasteiger partial charge in [0.15, 0.2) is 0 Å². The minimum atomic E-state index is -1.01. The zero-order chi connectivity index (χ0) is 14.3. The lowest BCUT2D eigenvalue weighted by molar-refractivity contribution is -0.146. The molecule has 4 N–H and O–H groups in total. The van der Waals surface area contributed by atoms with E-state index in [1.807, 2.05) is 0 Å². The molecule has 1 atom stereocenters. The van der Waals surface area contributed by atoms with Crippen LogP contribution in [0.5, 0.6) is 0 Å². The molecule has 0 saturated heterocycles. The first-order valence-electron chi connectivity index (χ1n) is 7.75. The summed E-state index contributed by atoms with van der Waals surface area (Å²) in [6.07, 6.45) is 7.36. The fraction of sp³-hybridized carbons (Fsp3) is 0.867. The van der Waals surface area contributed by atoms with Gasteiger partial charge in [-0.2, -0.15) is 0 Å². The van der Waals surface area contributed by atoms with E-state index in [9.17, 15) is 9.59 Å². The Kier molecular flexibility index (Phi) is 3.48. The van der Waals surface area contributed by atoms with E-state index >= 15 is 0 Å². The van der Waals surface area contributed by atoms with Gasteiger partial charge in [0, 0.05) is 12.0 Å². The van der Waals surface area contributed by atoms with E-state index in [1.54, 1.807) is 0 Å². The first kappa shape index (κ1) is 13.9. The number of carboxylic acids is 1. The van der Waals surface area contributed by atoms with Crippen LogP contribution in [0.4, 0.5) is 0 Å². The number of aliphatic carboxylic acids is 1. The average molecular weight is 280 g/mol. The van der Waals surface area contributed by atoms with E-state index in [0.29, 0.717) is 13.0 Å². The van der Waals surface area contributed by atoms with Gasteiger partial charge in [-0.1, -0.05) is 0 Å². The van der Waals surface area contributed by atoms with Crippen molar-refractivity contribution in [2.45, 2.75) is 51.0 Å². The van der Waals surface area contributed by atoms with E-state index in [1.165, 1.54) is 19.3 Å². The van der Waals surface area contributed by atoms with E-state index in [2.05, 4.69) is 5.32 Å². The molecule has 0 radical (unpaired) electrons. The molecular weight excluding hydrogens is 256 g/mol. The summed E-state index contributed by atoms with van der Waals surface area (Å²) in [6.45, 7) is 0.369. The van der Waals surface area contributed by atoms with Crippen molar-refractivity contribution in [1.29, 1.82) is 0 Å². The van der Waals surface area contributed by atoms with Crippen LogP contribution in [0, 0.1) is 23.2 Å². The van der Waals surface area contributed by atoms with Gasteiger partial charge in [0.05, 0.1) is 0 Å². The molecule has 1 unspecified atom stereocenters. The number of hydrogen-bond acceptors (Lipinski definition) is 3. The van der Waals surface area contributed by atoms with Gasteiger partial charge in [0.1, 0.15) is 6.04 Å². The predicted molar refractivity (Wildman–Crippen MR) is 73.8 cm³/mol. The summed E-state index contributed by atoms with van der Waals surface area (Å²) in [5.41, 5.74) is 5.31. The topological polar surface area (TPSA) is 92.4 Å². The van der Waals surface area contributed by atoms with Crippen LogP contribution in [0.3, 0.4) is 0 Å². The number of carboxylic acid groups (broad SMARTS) is 1. The van der Waals surface area contributed by atoms with Crippen molar-refractivity contribution >= 4 is 11.9 Å². The molecule has 4 rings (SSSR count). The molecule has 0 aromatic heterocycles. The third-order valence-corrected chi connectivity index (χ3v) is 5.58. The quantitative estimate of drug-likeness (QED) is 0.703. The van der Waals surface area contributed by atoms with Crippen LogP contribution in [-0.4, -0.2) is 29.6 Å². The molecule has 4 aliphatic carbocycles. The first-order valence-corrected chi connectivity index (χ1v) is 7.75. The number of hydrogen-bond donors (Lipinski definition) is 3. The highest BCUT2D eigenvalue weighted by Crippen LogP contribution is 2.60. The van der Waals surface area contributed by atoms with Gasteiger partial charge < -0.3 is 16.2 Å². The second-order valence-corrected chi connectivity index (χ2v) is 7.19. The maximum atomic E-state index is 12.5. The minimum Gasteiger partial charge on any atom is -0.480 e. The standard InChI is InChI=1S/C15H24N2O3/c16-12(13(18)19)1-2-17-14(20)15-6-9-3-10(7-15)5-11(4-9)8-15/h9-12H,1-8,16H2,(H,17,20)(H,18,19). The molecule has 0 aliphatic heterocycles. The molecule has 5 heteroatoms. The molecule has 5 nitrogen and oxygen atoms in total. The highest BCUT2D eigenvalue weighted by Gasteiger charge is 2.54. The number of amides is 1. The molecular formula is C15H24N2O3. The van der Waals surface area contributed by atoms with Crippen LogP contribution in [0.2, 0.25) is 0 Å². The smallest absolute Gasteiger partial charge is 0.320 e. The van der Waals surface area contributed by atoms with Crippen LogP contribution in [0.1, 0.15) is 44.9 Å². The molecule has 4 aliphatic rings. The Labute approximate surface area is 119 Å². The normalized spacial score (nSPS) is 39.5. The zero-order valence-corrected chi connectivity index (χ0v) is 11.8. The number of nitrogens with two attached hydrogens (primary N) is 1. The third kappa shape index (κ3) is 2.43. The molecule has 20 heavy (non-hydrogen) atoms. The van der Waals surface area contributed by atoms with Crippen molar-refractivity contribution in [2.75, 3.05) is 6.54 Å². The lowest BCUT2D eigenvalue weighted by atomic mass is 9.49. The average Bonchev–Trinajstić information content (AvgIpc) is 2.36. The largest absolute Gasteiger partial charge is 0.480 e. The lowest BCUT2D eigenvalue weighted by Crippen LogP contribution is -2.54. The van der Waals surface area contributed by atoms with Gasteiger partial charge in [0.25, 0.3) is 0 Å². The molecule has 4 bridgehead atoms. The molecule has 112 valence electrons. The fourth-order valence-electron chi connectivity index (χ4n) is 5.04. The van der Waals surface area contributed by atoms with E-state index < -0.39 is 12.0 Å². The summed E-state index contributed by atoms with van der Waals surface area (Å²) in [7, 11) is 0. The van der Waals surface area contributed by atoms with Crippen LogP contribution >= 0.6 is 0 Å². The van der Waals surface area contributed by atoms with E-state index in [-0.39, 0.29) is 11.3 Å². The summed E-state index contributed by atoms with van der Waals surface area (Å²) in [5, 5.41) is 11.7. The predicted octanol–water partition coefficient (Wildman–Crippen LogP) is 1.12. The van der Waals surface area contributed by atoms with Crippen LogP contribution in [0.15, 0.2) is 0 Å². The number of rotatable bonds is 5. The monoisotopic (exact) mass is 280 g/mol. The van der Waals surface area contributed by atoms with Crippen molar-refractivity contribution in [1.82, 2.24) is 5.32 Å². The van der Waals surface area contributed by atoms with Crippen LogP contribution < -0.4 is 11.1 Å². The molecule has 0 aromatic rings. The Morgan fingerprint density at radius 1 is 1.15 bits per heavy atom. The summed E-state index contributed by atoms with van der Waals surface area (Å²) < 4.78 is 0. The van der Waals surface area contributed by atoms with E-state index in [4.69, 9.17) is 10.8 Å². The molecule has 0 spiro atoms. The van der Waals surface area contributed by atoms with Gasteiger partial charge in [0.2, 0.25) is 5.91 Å². The number of carbonyl (C=O) groups excluding carboxylic acids is 1. The Morgan fingerprint density at radius 2 is 1.65 bits per heavy atom. The van der Waals surface area contributed by atoms with Crippen molar-refractivity contribution in [3.05, 3.63) is 0 Å². The summed E-state index contributed by atoms with van der Waals surface area (Å²) in [6, 6.07) is -0.883. The molecule has 0 aromatic carbocycles. The van der Waals surface area contributed by atoms with Crippen molar-refractivity contribution in [3.63, 3.8) is 0 Å². The Balaban J connectivity index is 1.56. The van der Waals surface area contributed by atoms with Crippen molar-refractivity contribution in [2.24, 2.45) is 28.9 Å². The van der Waals surface area contributed by atoms with Crippen molar-refractivity contribution in [3.8, 4) is 0 Å². The van der Waals surface area contributed by atoms with Gasteiger partial charge in [-0.05, 0) is 62.7 Å². The van der Waals surface area contributed by atoms with Gasteiger partial charge >= 0.3 is 5.97 Å². The summed E-state index contributed by atoms with van der Waals surface area (Å²) in [4.78, 5) is 23.2. The van der Waals surface area contributed by atoms with Crippen LogP contribution in [0.25, 0.3) is 0 Å². The molecule has 1 amide bonds. The van der Waals surface area contributed by atoms with Crippen LogP contribution in [-0.2, 0) is 9.59 Å². The minimum absolute atomic E-state index is 0.147. The van der Waals surface area contributed by atoms with Gasteiger partial charge in [-0.15, -0.1) is 0 Å². The zero-order valence-electron chi connectivity index (χ0n) is 11.8. The molecule has 4 fully saturated rings. The highest BCUT2D eigenvalue weighted by molar-refractivity contribution is 5.83. The lowest BCUT2D eigenvalue weighted by Gasteiger charge is -2.55. The summed E-state index contributed by atoms with van der Waals surface area (Å²) in [5.74, 6) is 1.37. The van der Waals surface area contributed by atoms with E-state index in [0.717, 1.165) is 37.0 Å². The second-order valence-electron chi connectivity index (χ2n) is 7.19. The Morgan fingerprint density at radius 3 is 2.10 bits per heavy atom. The van der Waals surface area contributed by atoms with Gasteiger partial charge in [-0.25, -0.2) is 0 Å². The first-order chi connectivity index (χ1) is 9.48. The fourth-order valence-corrected chi connectivity index (χ4v) is 5.04. The number of nitrogens with one attached hydrogen (secondary N) is 1. The SMILES string of the molecule is NC(CCNC(=O)C12CC3CC(CC(C3)C1)C2)C(=O)O. The van der Waals surface area contributed by atoms with Gasteiger partial charge in [-0.3, -0.25) is 9.59 Å². The molecule has 0 heterocycles. The maximum Gasteiger partial charge on any atom is 0.320 e. The highest BCUT2D eigenvalue weighted by atomic mass is 16.4. The second kappa shape index (κ2) is 5.02. The summed E-state index contributed by atoms with van der Waals surface area (Å²) >= 11 is 0.